The van der Waals surface area contributed by atoms with E-state index in [0.29, 0.717) is 5.69 Å². The number of hydrogen-bond acceptors (Lipinski definition) is 5. The van der Waals surface area contributed by atoms with E-state index in [9.17, 15) is 13.6 Å². The molecule has 0 bridgehead atoms. The number of amides is 1. The second kappa shape index (κ2) is 6.82. The van der Waals surface area contributed by atoms with Gasteiger partial charge in [0.1, 0.15) is 12.1 Å². The van der Waals surface area contributed by atoms with Crippen molar-refractivity contribution in [2.24, 2.45) is 0 Å². The number of benzene rings is 2. The topological polar surface area (TPSA) is 81.9 Å². The van der Waals surface area contributed by atoms with Gasteiger partial charge in [0.25, 0.3) is 5.91 Å². The van der Waals surface area contributed by atoms with E-state index in [0.717, 1.165) is 5.69 Å². The molecule has 0 saturated carbocycles. The molecule has 2 aromatic carbocycles. The first kappa shape index (κ1) is 15.5. The number of nitrogens with zero attached hydrogens (tertiary/aromatic N) is 4. The van der Waals surface area contributed by atoms with E-state index in [1.165, 1.54) is 35.3 Å². The van der Waals surface area contributed by atoms with Crippen LogP contribution in [0.15, 0.2) is 54.9 Å². The average Bonchev–Trinajstić information content (AvgIpc) is 3.09. The van der Waals surface area contributed by atoms with E-state index in [1.807, 2.05) is 0 Å². The Balaban J connectivity index is 1.70. The third kappa shape index (κ3) is 3.69. The Hall–Kier alpha value is -3.36. The largest absolute Gasteiger partial charge is 0.435 e. The lowest BCUT2D eigenvalue weighted by Gasteiger charge is -2.08. The van der Waals surface area contributed by atoms with Gasteiger partial charge in [0.15, 0.2) is 0 Å². The maximum atomic E-state index is 12.2. The van der Waals surface area contributed by atoms with Crippen LogP contribution in [0.25, 0.3) is 5.69 Å². The first-order chi connectivity index (χ1) is 11.6. The summed E-state index contributed by atoms with van der Waals surface area (Å²) in [5.74, 6) is -0.517. The number of carbonyl (C=O) groups is 1. The molecule has 1 heterocycles. The maximum Gasteiger partial charge on any atom is 0.387 e. The number of hydrogen-bond donors (Lipinski definition) is 1. The summed E-state index contributed by atoms with van der Waals surface area (Å²) in [5, 5.41) is 13.5. The predicted octanol–water partition coefficient (Wildman–Crippen LogP) is 2.52. The minimum Gasteiger partial charge on any atom is -0.435 e. The Kier molecular flexibility index (Phi) is 4.41. The van der Waals surface area contributed by atoms with Gasteiger partial charge in [-0.3, -0.25) is 4.79 Å². The summed E-state index contributed by atoms with van der Waals surface area (Å²) in [6.45, 7) is -2.94. The van der Waals surface area contributed by atoms with E-state index >= 15 is 0 Å². The number of aromatic nitrogens is 4. The Bertz CT molecular complexity index is 822. The van der Waals surface area contributed by atoms with Gasteiger partial charge in [0, 0.05) is 11.3 Å². The van der Waals surface area contributed by atoms with Crippen molar-refractivity contribution in [3.63, 3.8) is 0 Å². The number of alkyl halides is 2. The van der Waals surface area contributed by atoms with Gasteiger partial charge >= 0.3 is 6.61 Å². The number of tetrazole rings is 1. The molecule has 1 N–H and O–H groups in total. The predicted molar refractivity (Wildman–Crippen MR) is 80.2 cm³/mol. The van der Waals surface area contributed by atoms with Crippen molar-refractivity contribution in [1.29, 1.82) is 0 Å². The van der Waals surface area contributed by atoms with E-state index in [1.54, 1.807) is 24.3 Å². The molecule has 3 aromatic rings. The maximum absolute atomic E-state index is 12.2. The lowest BCUT2D eigenvalue weighted by Crippen LogP contribution is -2.12. The van der Waals surface area contributed by atoms with E-state index < -0.39 is 12.5 Å². The fourth-order valence-corrected chi connectivity index (χ4v) is 1.99. The van der Waals surface area contributed by atoms with Crippen LogP contribution in [0, 0.1) is 0 Å². The summed E-state index contributed by atoms with van der Waals surface area (Å²) < 4.78 is 30.2. The van der Waals surface area contributed by atoms with Gasteiger partial charge in [-0.15, -0.1) is 5.10 Å². The molecular formula is C15H11F2N5O2. The van der Waals surface area contributed by atoms with E-state index in [2.05, 4.69) is 25.6 Å². The molecule has 0 spiro atoms. The smallest absolute Gasteiger partial charge is 0.387 e. The van der Waals surface area contributed by atoms with Crippen LogP contribution in [0.1, 0.15) is 10.4 Å². The van der Waals surface area contributed by atoms with Crippen molar-refractivity contribution in [2.45, 2.75) is 6.61 Å². The lowest BCUT2D eigenvalue weighted by molar-refractivity contribution is -0.0498. The SMILES string of the molecule is O=C(Nc1ccc(-n2cnnn2)cc1)c1cccc(OC(F)F)c1. The summed E-state index contributed by atoms with van der Waals surface area (Å²) in [5.41, 5.74) is 1.47. The Morgan fingerprint density at radius 2 is 1.96 bits per heavy atom. The lowest BCUT2D eigenvalue weighted by atomic mass is 10.2. The number of rotatable bonds is 5. The highest BCUT2D eigenvalue weighted by molar-refractivity contribution is 6.04. The summed E-state index contributed by atoms with van der Waals surface area (Å²) in [6, 6.07) is 12.4. The van der Waals surface area contributed by atoms with Crippen molar-refractivity contribution in [1.82, 2.24) is 20.2 Å². The second-order valence-corrected chi connectivity index (χ2v) is 4.66. The van der Waals surface area contributed by atoms with Crippen molar-refractivity contribution in [3.05, 3.63) is 60.4 Å². The van der Waals surface area contributed by atoms with Gasteiger partial charge in [0.2, 0.25) is 0 Å². The number of halogens is 2. The van der Waals surface area contributed by atoms with Crippen LogP contribution < -0.4 is 10.1 Å². The highest BCUT2D eigenvalue weighted by Gasteiger charge is 2.10. The molecule has 1 aromatic heterocycles. The molecule has 0 aliphatic heterocycles. The zero-order valence-electron chi connectivity index (χ0n) is 12.1. The summed E-state index contributed by atoms with van der Waals surface area (Å²) in [6.07, 6.45) is 1.45. The minimum absolute atomic E-state index is 0.0771. The van der Waals surface area contributed by atoms with Gasteiger partial charge in [0.05, 0.1) is 5.69 Å². The molecule has 7 nitrogen and oxygen atoms in total. The molecule has 0 unspecified atom stereocenters. The van der Waals surface area contributed by atoms with Gasteiger partial charge in [-0.1, -0.05) is 6.07 Å². The van der Waals surface area contributed by atoms with Crippen LogP contribution >= 0.6 is 0 Å². The van der Waals surface area contributed by atoms with Gasteiger partial charge in [-0.2, -0.15) is 8.78 Å². The zero-order valence-corrected chi connectivity index (χ0v) is 12.1. The fraction of sp³-hybridized carbons (Fsp3) is 0.0667. The number of carbonyl (C=O) groups excluding carboxylic acids is 1. The second-order valence-electron chi connectivity index (χ2n) is 4.66. The summed E-state index contributed by atoms with van der Waals surface area (Å²) >= 11 is 0. The standard InChI is InChI=1S/C15H11F2N5O2/c16-15(17)24-13-3-1-2-10(8-13)14(23)19-11-4-6-12(7-5-11)22-9-18-20-21-22/h1-9,15H,(H,19,23). The highest BCUT2D eigenvalue weighted by atomic mass is 19.3. The van der Waals surface area contributed by atoms with Crippen LogP contribution in [0.5, 0.6) is 5.75 Å². The monoisotopic (exact) mass is 331 g/mol. The molecular weight excluding hydrogens is 320 g/mol. The summed E-state index contributed by atoms with van der Waals surface area (Å²) in [7, 11) is 0. The van der Waals surface area contributed by atoms with Crippen molar-refractivity contribution in [3.8, 4) is 11.4 Å². The number of ether oxygens (including phenoxy) is 1. The van der Waals surface area contributed by atoms with Crippen molar-refractivity contribution in [2.75, 3.05) is 5.32 Å². The average molecular weight is 331 g/mol. The third-order valence-electron chi connectivity index (χ3n) is 3.06. The van der Waals surface area contributed by atoms with Crippen LogP contribution in [0.2, 0.25) is 0 Å². The normalized spacial score (nSPS) is 10.6. The summed E-state index contributed by atoms with van der Waals surface area (Å²) in [4.78, 5) is 12.2. The van der Waals surface area contributed by atoms with Crippen molar-refractivity contribution < 1.29 is 18.3 Å². The third-order valence-corrected chi connectivity index (χ3v) is 3.06. The first-order valence-electron chi connectivity index (χ1n) is 6.81. The van der Waals surface area contributed by atoms with E-state index in [4.69, 9.17) is 0 Å². The Labute approximate surface area is 134 Å². The molecule has 24 heavy (non-hydrogen) atoms. The Morgan fingerprint density at radius 3 is 2.62 bits per heavy atom. The van der Waals surface area contributed by atoms with Crippen LogP contribution in [0.4, 0.5) is 14.5 Å². The van der Waals surface area contributed by atoms with Crippen LogP contribution in [0.3, 0.4) is 0 Å². The molecule has 0 fully saturated rings. The molecule has 122 valence electrons. The molecule has 9 heteroatoms. The number of anilines is 1. The minimum atomic E-state index is -2.94. The molecule has 0 radical (unpaired) electrons. The molecule has 0 atom stereocenters. The highest BCUT2D eigenvalue weighted by Crippen LogP contribution is 2.18. The Morgan fingerprint density at radius 1 is 1.17 bits per heavy atom. The van der Waals surface area contributed by atoms with E-state index in [-0.39, 0.29) is 11.3 Å². The number of nitrogens with one attached hydrogen (secondary N) is 1. The van der Waals surface area contributed by atoms with Gasteiger partial charge in [-0.05, 0) is 52.9 Å². The first-order valence-corrected chi connectivity index (χ1v) is 6.81. The van der Waals surface area contributed by atoms with Crippen LogP contribution in [-0.2, 0) is 0 Å². The molecule has 0 saturated heterocycles. The van der Waals surface area contributed by atoms with Crippen molar-refractivity contribution >= 4 is 11.6 Å². The molecule has 0 aliphatic carbocycles. The van der Waals surface area contributed by atoms with Gasteiger partial charge in [-0.25, -0.2) is 4.68 Å². The van der Waals surface area contributed by atoms with Gasteiger partial charge < -0.3 is 10.1 Å². The molecule has 0 aliphatic rings. The fourth-order valence-electron chi connectivity index (χ4n) is 1.99. The quantitative estimate of drug-likeness (QED) is 0.777. The molecule has 1 amide bonds. The zero-order chi connectivity index (χ0) is 16.9. The van der Waals surface area contributed by atoms with Crippen LogP contribution in [-0.4, -0.2) is 32.7 Å². The molecule has 3 rings (SSSR count).